The number of methoxy groups -OCH3 is 1. The number of fused-ring (bicyclic) bond motifs is 3. The maximum Gasteiger partial charge on any atom is 0.418 e. The Bertz CT molecular complexity index is 1680. The normalized spacial score (nSPS) is 22.2. The first-order chi connectivity index (χ1) is 22.9. The third-order valence-electron chi connectivity index (χ3n) is 9.23. The SMILES string of the molecule is CNC(=O)c1nn2c(c1Cl)CN(c1nc(OC)nc3c1COC(c1nc(N)cc(C)c1C(F)(F)F)C3)CCC2.FC1CC2CCCN2C1. The molecule has 0 spiro atoms. The van der Waals surface area contributed by atoms with Gasteiger partial charge in [0.25, 0.3) is 5.91 Å². The van der Waals surface area contributed by atoms with Crippen LogP contribution in [0, 0.1) is 6.92 Å². The highest BCUT2D eigenvalue weighted by atomic mass is 35.5. The highest BCUT2D eigenvalue weighted by Gasteiger charge is 2.41. The Hall–Kier alpha value is -3.76. The van der Waals surface area contributed by atoms with Crippen molar-refractivity contribution in [1.82, 2.24) is 34.9 Å². The van der Waals surface area contributed by atoms with Crippen molar-refractivity contribution in [3.63, 3.8) is 0 Å². The van der Waals surface area contributed by atoms with Crippen LogP contribution in [0.4, 0.5) is 29.2 Å². The van der Waals surface area contributed by atoms with Gasteiger partial charge in [0.15, 0.2) is 5.69 Å². The molecule has 0 saturated carbocycles. The Morgan fingerprint density at radius 2 is 1.98 bits per heavy atom. The molecule has 2 saturated heterocycles. The molecule has 48 heavy (non-hydrogen) atoms. The van der Waals surface area contributed by atoms with Gasteiger partial charge in [0.1, 0.15) is 23.9 Å². The molecule has 0 aromatic carbocycles. The lowest BCUT2D eigenvalue weighted by molar-refractivity contribution is -0.140. The number of nitrogen functional groups attached to an aromatic ring is 1. The fourth-order valence-electron chi connectivity index (χ4n) is 7.04. The molecular weight excluding hydrogens is 658 g/mol. The summed E-state index contributed by atoms with van der Waals surface area (Å²) in [6.45, 7) is 4.53. The number of carbonyl (C=O) groups excluding carboxylic acids is 1. The minimum Gasteiger partial charge on any atom is -0.467 e. The number of anilines is 2. The molecule has 7 heterocycles. The van der Waals surface area contributed by atoms with Gasteiger partial charge in [-0.1, -0.05) is 11.6 Å². The van der Waals surface area contributed by atoms with E-state index in [0.717, 1.165) is 13.0 Å². The number of rotatable bonds is 4. The average molecular weight is 696 g/mol. The molecule has 0 bridgehead atoms. The second-order valence-corrected chi connectivity index (χ2v) is 12.8. The zero-order valence-electron chi connectivity index (χ0n) is 26.9. The molecule has 3 atom stereocenters. The second-order valence-electron chi connectivity index (χ2n) is 12.4. The molecule has 3 unspecified atom stereocenters. The minimum absolute atomic E-state index is 0.00747. The van der Waals surface area contributed by atoms with E-state index in [-0.39, 0.29) is 53.4 Å². The van der Waals surface area contributed by atoms with Crippen LogP contribution in [0.25, 0.3) is 0 Å². The number of pyridine rings is 1. The zero-order chi connectivity index (χ0) is 34.3. The van der Waals surface area contributed by atoms with Gasteiger partial charge < -0.3 is 25.4 Å². The largest absolute Gasteiger partial charge is 0.467 e. The Morgan fingerprint density at radius 1 is 1.19 bits per heavy atom. The van der Waals surface area contributed by atoms with Crippen LogP contribution in [-0.2, 0) is 37.0 Å². The van der Waals surface area contributed by atoms with Crippen LogP contribution >= 0.6 is 11.6 Å². The summed E-state index contributed by atoms with van der Waals surface area (Å²) < 4.78 is 67.5. The lowest BCUT2D eigenvalue weighted by atomic mass is 9.97. The molecule has 4 aliphatic rings. The van der Waals surface area contributed by atoms with Crippen molar-refractivity contribution in [2.75, 3.05) is 44.4 Å². The van der Waals surface area contributed by atoms with Crippen molar-refractivity contribution in [3.05, 3.63) is 50.6 Å². The summed E-state index contributed by atoms with van der Waals surface area (Å²) in [5.41, 5.74) is 6.51. The van der Waals surface area contributed by atoms with Crippen molar-refractivity contribution >= 4 is 29.1 Å². The van der Waals surface area contributed by atoms with E-state index in [1.165, 1.54) is 40.0 Å². The molecule has 17 heteroatoms. The van der Waals surface area contributed by atoms with Crippen LogP contribution in [0.2, 0.25) is 5.02 Å². The van der Waals surface area contributed by atoms with Gasteiger partial charge in [-0.25, -0.2) is 9.37 Å². The number of amides is 1. The van der Waals surface area contributed by atoms with Crippen LogP contribution < -0.4 is 20.7 Å². The molecule has 0 aliphatic carbocycles. The number of nitrogens with one attached hydrogen (secondary N) is 1. The van der Waals surface area contributed by atoms with E-state index in [0.29, 0.717) is 54.9 Å². The van der Waals surface area contributed by atoms with Gasteiger partial charge in [0, 0.05) is 44.7 Å². The van der Waals surface area contributed by atoms with Gasteiger partial charge in [-0.15, -0.1) is 0 Å². The van der Waals surface area contributed by atoms with Gasteiger partial charge in [0.05, 0.1) is 47.9 Å². The summed E-state index contributed by atoms with van der Waals surface area (Å²) in [6.07, 6.45) is -2.18. The van der Waals surface area contributed by atoms with Gasteiger partial charge in [0.2, 0.25) is 0 Å². The van der Waals surface area contributed by atoms with Gasteiger partial charge in [-0.05, 0) is 50.8 Å². The third-order valence-corrected chi connectivity index (χ3v) is 9.62. The van der Waals surface area contributed by atoms with Crippen LogP contribution in [-0.4, -0.2) is 81.5 Å². The minimum atomic E-state index is -4.64. The van der Waals surface area contributed by atoms with Gasteiger partial charge in [-0.2, -0.15) is 28.2 Å². The lowest BCUT2D eigenvalue weighted by Crippen LogP contribution is -2.29. The van der Waals surface area contributed by atoms with Gasteiger partial charge in [-0.3, -0.25) is 14.4 Å². The van der Waals surface area contributed by atoms with Crippen LogP contribution in [0.3, 0.4) is 0 Å². The predicted octanol–water partition coefficient (Wildman–Crippen LogP) is 4.42. The topological polar surface area (TPSA) is 137 Å². The van der Waals surface area contributed by atoms with Gasteiger partial charge >= 0.3 is 12.2 Å². The molecule has 3 aromatic rings. The summed E-state index contributed by atoms with van der Waals surface area (Å²) in [4.78, 5) is 29.5. The van der Waals surface area contributed by atoms with Crippen molar-refractivity contribution in [3.8, 4) is 6.01 Å². The summed E-state index contributed by atoms with van der Waals surface area (Å²) in [5.74, 6) is 0.0894. The monoisotopic (exact) mass is 695 g/mol. The molecule has 1 amide bonds. The van der Waals surface area contributed by atoms with E-state index in [9.17, 15) is 22.4 Å². The number of carbonyl (C=O) groups is 1. The standard InChI is InChI=1S/C24H26ClF3N8O3.C7H12FN/c1-11-7-16(29)32-19(17(11)24(26,27)28)15-8-13-12(10-39-15)21(33-23(31-13)38-3)35-5-4-6-36-14(9-35)18(25)20(34-36)22(37)30-2;8-6-4-7-2-1-3-9(7)5-6/h7,15H,4-6,8-10H2,1-3H3,(H2,29,32)(H,30,37);6-7H,1-5H2. The molecule has 4 aliphatic heterocycles. The number of nitrogens with zero attached hydrogens (tertiary/aromatic N) is 7. The first kappa shape index (κ1) is 34.1. The third kappa shape index (κ3) is 6.74. The Kier molecular flexibility index (Phi) is 9.69. The number of halogens is 5. The van der Waals surface area contributed by atoms with E-state index < -0.39 is 29.9 Å². The molecule has 3 aromatic heterocycles. The summed E-state index contributed by atoms with van der Waals surface area (Å²) >= 11 is 6.55. The number of hydrogen-bond donors (Lipinski definition) is 2. The molecular formula is C31H38ClF4N9O3. The predicted molar refractivity (Wildman–Crippen MR) is 169 cm³/mol. The van der Waals surface area contributed by atoms with Crippen molar-refractivity contribution in [2.45, 2.75) is 83.2 Å². The quantitative estimate of drug-likeness (QED) is 0.378. The number of hydrogen-bond acceptors (Lipinski definition) is 10. The number of aryl methyl sites for hydroxylation is 2. The van der Waals surface area contributed by atoms with Crippen molar-refractivity contribution in [2.24, 2.45) is 0 Å². The lowest BCUT2D eigenvalue weighted by Gasteiger charge is -2.31. The highest BCUT2D eigenvalue weighted by molar-refractivity contribution is 6.34. The van der Waals surface area contributed by atoms with E-state index >= 15 is 0 Å². The summed E-state index contributed by atoms with van der Waals surface area (Å²) in [6, 6.07) is 1.86. The van der Waals surface area contributed by atoms with Crippen LogP contribution in [0.1, 0.15) is 76.0 Å². The summed E-state index contributed by atoms with van der Waals surface area (Å²) in [7, 11) is 2.91. The van der Waals surface area contributed by atoms with E-state index in [1.807, 2.05) is 4.90 Å². The molecule has 12 nitrogen and oxygen atoms in total. The van der Waals surface area contributed by atoms with E-state index in [2.05, 4.69) is 30.3 Å². The molecule has 2 fully saturated rings. The fraction of sp³-hybridized carbons (Fsp3) is 0.581. The maximum atomic E-state index is 14.0. The number of nitrogens with two attached hydrogens (primary N) is 1. The second kappa shape index (κ2) is 13.6. The number of alkyl halides is 4. The first-order valence-corrected chi connectivity index (χ1v) is 16.3. The molecule has 0 radical (unpaired) electrons. The van der Waals surface area contributed by atoms with Crippen LogP contribution in [0.15, 0.2) is 6.07 Å². The summed E-state index contributed by atoms with van der Waals surface area (Å²) in [5, 5.41) is 7.15. The maximum absolute atomic E-state index is 14.0. The van der Waals surface area contributed by atoms with Crippen LogP contribution in [0.5, 0.6) is 6.01 Å². The zero-order valence-corrected chi connectivity index (χ0v) is 27.7. The Balaban J connectivity index is 0.000000381. The average Bonchev–Trinajstić information content (AvgIpc) is 3.66. The smallest absolute Gasteiger partial charge is 0.418 e. The van der Waals surface area contributed by atoms with E-state index in [1.54, 1.807) is 4.68 Å². The fourth-order valence-corrected chi connectivity index (χ4v) is 7.32. The molecule has 260 valence electrons. The molecule has 7 rings (SSSR count). The van der Waals surface area contributed by atoms with E-state index in [4.69, 9.17) is 26.8 Å². The van der Waals surface area contributed by atoms with Crippen molar-refractivity contribution in [1.29, 1.82) is 0 Å². The highest BCUT2D eigenvalue weighted by Crippen LogP contribution is 2.42. The van der Waals surface area contributed by atoms with Crippen molar-refractivity contribution < 1.29 is 31.8 Å². The first-order valence-electron chi connectivity index (χ1n) is 15.9. The number of aromatic nitrogens is 5. The Labute approximate surface area is 279 Å². The molecule has 3 N–H and O–H groups in total. The Morgan fingerprint density at radius 3 is 2.69 bits per heavy atom. The number of ether oxygens (including phenoxy) is 2.